The summed E-state index contributed by atoms with van der Waals surface area (Å²) < 4.78 is 0.551. The molecule has 5 aliphatic heterocycles. The Labute approximate surface area is 167 Å². The number of hydrogen-bond acceptors (Lipinski definition) is 12. The minimum absolute atomic E-state index is 0.0395. The third kappa shape index (κ3) is 2.04. The standard InChI is InChI=1S/CHN12O12Si5/c14-4(15)2-1-3(5(16)17)28-13(9(24)25)30-11(7(20)21)26(1)10(6(18)19)29(30)12(8(22)23)27(2)28/h1H. The molecule has 5 saturated heterocycles. The molecule has 0 unspecified atom stereocenters. The van der Waals surface area contributed by atoms with Crippen LogP contribution in [0, 0.1) is 60.7 Å². The Kier molecular flexibility index (Phi) is 3.85. The Morgan fingerprint density at radius 2 is 0.767 bits per heavy atom. The van der Waals surface area contributed by atoms with Crippen LogP contribution in [0.2, 0.25) is 0 Å². The Morgan fingerprint density at radius 1 is 0.467 bits per heavy atom. The zero-order valence-electron chi connectivity index (χ0n) is 13.3. The van der Waals surface area contributed by atoms with Gasteiger partial charge in [0.05, 0.1) is 0 Å². The van der Waals surface area contributed by atoms with Gasteiger partial charge >= 0.3 is 43.7 Å². The van der Waals surface area contributed by atoms with E-state index in [0.717, 1.165) is 0 Å². The molecular formula is CHN12O12Si5. The molecule has 0 atom stereocenters. The fourth-order valence-corrected chi connectivity index (χ4v) is 39.4. The normalized spacial score (nSPS) is 22.4. The van der Waals surface area contributed by atoms with E-state index in [0.29, 0.717) is 0 Å². The summed E-state index contributed by atoms with van der Waals surface area (Å²) in [6.07, 6.45) is 0. The van der Waals surface area contributed by atoms with E-state index in [4.69, 9.17) is 0 Å². The van der Waals surface area contributed by atoms with E-state index in [1.54, 1.807) is 0 Å². The predicted octanol–water partition coefficient (Wildman–Crippen LogP) is -5.53. The first-order valence-corrected chi connectivity index (χ1v) is 16.0. The second-order valence-electron chi connectivity index (χ2n) is 5.39. The van der Waals surface area contributed by atoms with Crippen molar-refractivity contribution in [3.8, 4) is 0 Å². The molecule has 0 aliphatic carbocycles. The van der Waals surface area contributed by atoms with E-state index in [9.17, 15) is 60.7 Å². The van der Waals surface area contributed by atoms with Crippen LogP contribution in [-0.2, 0) is 0 Å². The fourth-order valence-electron chi connectivity index (χ4n) is 3.39. The van der Waals surface area contributed by atoms with Crippen LogP contribution in [0.3, 0.4) is 0 Å². The third-order valence-corrected chi connectivity index (χ3v) is 29.5. The summed E-state index contributed by atoms with van der Waals surface area (Å²) >= 11 is 0. The third-order valence-electron chi connectivity index (χ3n) is 4.17. The second-order valence-corrected chi connectivity index (χ2v) is 20.7. The van der Waals surface area contributed by atoms with Crippen molar-refractivity contribution in [3.05, 3.63) is 60.7 Å². The van der Waals surface area contributed by atoms with Crippen molar-refractivity contribution in [2.75, 3.05) is 0 Å². The van der Waals surface area contributed by atoms with Gasteiger partial charge in [0, 0.05) is 0 Å². The van der Waals surface area contributed by atoms with Crippen molar-refractivity contribution in [2.24, 2.45) is 0 Å². The van der Waals surface area contributed by atoms with Gasteiger partial charge in [-0.3, -0.25) is 0 Å². The Hall–Kier alpha value is -3.72. The minimum Gasteiger partial charge on any atom is -0.236 e. The maximum atomic E-state index is 11.8. The number of hydrogen-bond donors (Lipinski definition) is 0. The van der Waals surface area contributed by atoms with Gasteiger partial charge in [0.25, 0.3) is 0 Å². The highest BCUT2D eigenvalue weighted by Crippen LogP contribution is 2.43. The van der Waals surface area contributed by atoms with Gasteiger partial charge in [0.15, 0.2) is 10.1 Å². The predicted molar refractivity (Wildman–Crippen MR) is 85.6 cm³/mol. The number of nitrogens with zero attached hydrogens (tertiary/aromatic N) is 12. The lowest BCUT2D eigenvalue weighted by molar-refractivity contribution is -0.686. The van der Waals surface area contributed by atoms with Crippen molar-refractivity contribution in [1.82, 2.24) is 26.7 Å². The molecule has 0 amide bonds. The van der Waals surface area contributed by atoms with Crippen molar-refractivity contribution < 1.29 is 30.2 Å². The van der Waals surface area contributed by atoms with Gasteiger partial charge in [0.2, 0.25) is 5.79 Å². The van der Waals surface area contributed by atoms with Crippen LogP contribution in [0.4, 0.5) is 0 Å². The molecule has 5 fully saturated rings. The maximum absolute atomic E-state index is 11.8. The van der Waals surface area contributed by atoms with Crippen LogP contribution in [0.1, 0.15) is 0 Å². The van der Waals surface area contributed by atoms with Crippen molar-refractivity contribution in [1.29, 1.82) is 0 Å². The van der Waals surface area contributed by atoms with Gasteiger partial charge in [0.1, 0.15) is 20.1 Å². The first-order chi connectivity index (χ1) is 13.9. The van der Waals surface area contributed by atoms with Crippen molar-refractivity contribution in [3.63, 3.8) is 0 Å². The maximum Gasteiger partial charge on any atom is 0.481 e. The molecule has 24 nitrogen and oxygen atoms in total. The molecule has 0 N–H and O–H groups in total. The summed E-state index contributed by atoms with van der Waals surface area (Å²) in [6.45, 7) is 0. The second kappa shape index (κ2) is 5.90. The molecule has 0 aromatic heterocycles. The molecule has 30 heavy (non-hydrogen) atoms. The van der Waals surface area contributed by atoms with Crippen molar-refractivity contribution >= 4 is 43.7 Å². The highest BCUT2D eigenvalue weighted by molar-refractivity contribution is 7.38. The highest BCUT2D eigenvalue weighted by atomic mass is 29.3. The molecule has 5 radical (unpaired) electrons. The number of hydrazine groups is 6. The van der Waals surface area contributed by atoms with Crippen LogP contribution < -0.4 is 0 Å². The molecule has 157 valence electrons. The molecular weight excluding hydrogens is 513 g/mol. The van der Waals surface area contributed by atoms with E-state index in [2.05, 4.69) is 0 Å². The Morgan fingerprint density at radius 3 is 1.00 bits per heavy atom. The van der Waals surface area contributed by atoms with Gasteiger partial charge in [-0.15, -0.1) is 26.7 Å². The fraction of sp³-hybridized carbons (Fsp3) is 1.00. The number of nitro groups is 6. The molecule has 0 saturated carbocycles. The summed E-state index contributed by atoms with van der Waals surface area (Å²) in [5.74, 6) is -2.23. The highest BCUT2D eigenvalue weighted by Gasteiger charge is 2.96. The van der Waals surface area contributed by atoms with Crippen LogP contribution in [0.25, 0.3) is 0 Å². The Balaban J connectivity index is 2.12. The summed E-state index contributed by atoms with van der Waals surface area (Å²) in [4.78, 5) is 70.4. The van der Waals surface area contributed by atoms with Gasteiger partial charge < -0.3 is 0 Å². The van der Waals surface area contributed by atoms with E-state index >= 15 is 0 Å². The number of rotatable bonds is 6. The van der Waals surface area contributed by atoms with Gasteiger partial charge in [-0.25, -0.2) is 60.7 Å². The molecule has 0 aromatic carbocycles. The summed E-state index contributed by atoms with van der Waals surface area (Å²) in [6, 6.07) is 0. The lowest BCUT2D eigenvalue weighted by Gasteiger charge is -2.34. The lowest BCUT2D eigenvalue weighted by Crippen LogP contribution is -2.85. The quantitative estimate of drug-likeness (QED) is 0.182. The van der Waals surface area contributed by atoms with E-state index in [1.807, 2.05) is 0 Å². The lowest BCUT2D eigenvalue weighted by atomic mass is 11.1. The van der Waals surface area contributed by atoms with Crippen LogP contribution in [-0.4, -0.2) is 106 Å². The SMILES string of the molecule is O=[N+]([O-])N1C2N([N+](=O)[O-])[Si]3N([N+](=O)[O-])[Si]4N([N+](=O)[O-])[Si]2N([N+](=O)[O-])[Si]4N([N+](=O)[O-])[Si]13. The zero-order valence-corrected chi connectivity index (χ0v) is 18.3. The van der Waals surface area contributed by atoms with Crippen molar-refractivity contribution in [2.45, 2.75) is 5.79 Å². The average Bonchev–Trinajstić information content (AvgIpc) is 3.03. The topological polar surface area (TPSA) is 278 Å². The van der Waals surface area contributed by atoms with E-state index < -0.39 is 79.7 Å². The molecule has 0 aromatic rings. The molecule has 29 heteroatoms. The monoisotopic (exact) mass is 513 g/mol. The van der Waals surface area contributed by atoms with Gasteiger partial charge in [-0.2, -0.15) is 0 Å². The summed E-state index contributed by atoms with van der Waals surface area (Å²) in [5, 5.41) is 63.0. The Bertz CT molecular complexity index is 786. The van der Waals surface area contributed by atoms with Crippen LogP contribution >= 0.6 is 0 Å². The smallest absolute Gasteiger partial charge is 0.236 e. The first kappa shape index (κ1) is 19.6. The van der Waals surface area contributed by atoms with Crippen LogP contribution in [0.5, 0.6) is 0 Å². The molecule has 5 rings (SSSR count). The van der Waals surface area contributed by atoms with E-state index in [1.165, 1.54) is 0 Å². The van der Waals surface area contributed by atoms with Gasteiger partial charge in [-0.05, 0) is 0 Å². The summed E-state index contributed by atoms with van der Waals surface area (Å²) in [5.41, 5.74) is 0. The zero-order chi connectivity index (χ0) is 22.4. The van der Waals surface area contributed by atoms with Gasteiger partial charge in [-0.1, -0.05) is 0 Å². The molecule has 6 bridgehead atoms. The first-order valence-electron chi connectivity index (χ1n) is 6.93. The largest absolute Gasteiger partial charge is 0.481 e. The van der Waals surface area contributed by atoms with Crippen LogP contribution in [0.15, 0.2) is 0 Å². The molecule has 5 aliphatic rings. The molecule has 5 heterocycles. The minimum atomic E-state index is -3.71. The molecule has 0 spiro atoms. The summed E-state index contributed by atoms with van der Waals surface area (Å²) in [7, 11) is -17.8. The average molecular weight is 514 g/mol. The van der Waals surface area contributed by atoms with E-state index in [-0.39, 0.29) is 26.7 Å².